The molecule has 1 saturated heterocycles. The third-order valence-electron chi connectivity index (χ3n) is 2.80. The number of aryl methyl sites for hydroxylation is 1. The zero-order chi connectivity index (χ0) is 11.7. The predicted molar refractivity (Wildman–Crippen MR) is 56.6 cm³/mol. The molecule has 0 radical (unpaired) electrons. The van der Waals surface area contributed by atoms with Crippen molar-refractivity contribution in [1.29, 1.82) is 0 Å². The van der Waals surface area contributed by atoms with Gasteiger partial charge in [0.15, 0.2) is 0 Å². The molecule has 1 atom stereocenters. The summed E-state index contributed by atoms with van der Waals surface area (Å²) in [5.41, 5.74) is 1.85. The van der Waals surface area contributed by atoms with Crippen LogP contribution in [0.25, 0.3) is 0 Å². The summed E-state index contributed by atoms with van der Waals surface area (Å²) in [6.07, 6.45) is 0.0379. The number of aliphatic carboxylic acids is 1. The van der Waals surface area contributed by atoms with E-state index in [0.29, 0.717) is 0 Å². The van der Waals surface area contributed by atoms with Crippen LogP contribution in [0.15, 0.2) is 24.3 Å². The van der Waals surface area contributed by atoms with Gasteiger partial charge in [-0.25, -0.2) is 0 Å². The van der Waals surface area contributed by atoms with Crippen molar-refractivity contribution in [3.05, 3.63) is 29.8 Å². The summed E-state index contributed by atoms with van der Waals surface area (Å²) >= 11 is 0. The maximum atomic E-state index is 11.6. The number of amides is 1. The molecule has 1 aromatic carbocycles. The highest BCUT2D eigenvalue weighted by molar-refractivity contribution is 5.98. The Morgan fingerprint density at radius 1 is 1.38 bits per heavy atom. The second-order valence-corrected chi connectivity index (χ2v) is 4.06. The molecule has 1 amide bonds. The number of rotatable bonds is 2. The molecule has 1 heterocycles. The minimum Gasteiger partial charge on any atom is -0.550 e. The van der Waals surface area contributed by atoms with Crippen LogP contribution in [0.4, 0.5) is 5.69 Å². The van der Waals surface area contributed by atoms with Crippen LogP contribution < -0.4 is 10.0 Å². The van der Waals surface area contributed by atoms with Gasteiger partial charge in [0, 0.05) is 30.5 Å². The SMILES string of the molecule is Cc1ccc(N2C[C@H](C(=O)[O-])CC2=O)cc1. The van der Waals surface area contributed by atoms with Gasteiger partial charge in [0.1, 0.15) is 0 Å². The van der Waals surface area contributed by atoms with E-state index >= 15 is 0 Å². The average Bonchev–Trinajstić information content (AvgIpc) is 2.62. The number of hydrogen-bond acceptors (Lipinski definition) is 3. The van der Waals surface area contributed by atoms with Crippen LogP contribution in [0, 0.1) is 12.8 Å². The second kappa shape index (κ2) is 3.96. The lowest BCUT2D eigenvalue weighted by Gasteiger charge is -2.17. The molecule has 0 saturated carbocycles. The van der Waals surface area contributed by atoms with Crippen molar-refractivity contribution >= 4 is 17.6 Å². The fourth-order valence-corrected chi connectivity index (χ4v) is 1.84. The third-order valence-corrected chi connectivity index (χ3v) is 2.80. The number of anilines is 1. The van der Waals surface area contributed by atoms with Gasteiger partial charge < -0.3 is 14.8 Å². The Bertz CT molecular complexity index is 424. The van der Waals surface area contributed by atoms with Crippen molar-refractivity contribution in [3.8, 4) is 0 Å². The first-order valence-electron chi connectivity index (χ1n) is 5.16. The first-order chi connectivity index (χ1) is 7.58. The van der Waals surface area contributed by atoms with Crippen molar-refractivity contribution in [1.82, 2.24) is 0 Å². The van der Waals surface area contributed by atoms with Gasteiger partial charge in [-0.15, -0.1) is 0 Å². The molecule has 1 fully saturated rings. The van der Waals surface area contributed by atoms with Gasteiger partial charge >= 0.3 is 0 Å². The van der Waals surface area contributed by atoms with E-state index in [9.17, 15) is 14.7 Å². The molecule has 1 aliphatic rings. The molecule has 1 aromatic rings. The molecule has 4 nitrogen and oxygen atoms in total. The Labute approximate surface area is 93.5 Å². The Kier molecular flexibility index (Phi) is 2.64. The molecule has 0 spiro atoms. The van der Waals surface area contributed by atoms with E-state index in [1.165, 1.54) is 4.90 Å². The van der Waals surface area contributed by atoms with E-state index < -0.39 is 11.9 Å². The molecular formula is C12H12NO3-. The maximum absolute atomic E-state index is 11.6. The fraction of sp³-hybridized carbons (Fsp3) is 0.333. The highest BCUT2D eigenvalue weighted by Crippen LogP contribution is 2.24. The van der Waals surface area contributed by atoms with Crippen LogP contribution in [0.2, 0.25) is 0 Å². The summed E-state index contributed by atoms with van der Waals surface area (Å²) in [6.45, 7) is 2.17. The lowest BCUT2D eigenvalue weighted by molar-refractivity contribution is -0.310. The number of benzene rings is 1. The number of carbonyl (C=O) groups excluding carboxylic acids is 2. The van der Waals surface area contributed by atoms with Crippen LogP contribution in [0.3, 0.4) is 0 Å². The molecular weight excluding hydrogens is 206 g/mol. The first kappa shape index (κ1) is 10.7. The van der Waals surface area contributed by atoms with Crippen molar-refractivity contribution < 1.29 is 14.7 Å². The zero-order valence-electron chi connectivity index (χ0n) is 8.97. The van der Waals surface area contributed by atoms with Gasteiger partial charge in [-0.1, -0.05) is 17.7 Å². The molecule has 0 aliphatic carbocycles. The molecule has 1 aliphatic heterocycles. The summed E-state index contributed by atoms with van der Waals surface area (Å²) in [5, 5.41) is 10.7. The first-order valence-corrected chi connectivity index (χ1v) is 5.16. The van der Waals surface area contributed by atoms with Gasteiger partial charge in [0.2, 0.25) is 5.91 Å². The van der Waals surface area contributed by atoms with Gasteiger partial charge in [-0.05, 0) is 19.1 Å². The van der Waals surface area contributed by atoms with E-state index in [4.69, 9.17) is 0 Å². The maximum Gasteiger partial charge on any atom is 0.227 e. The molecule has 2 rings (SSSR count). The van der Waals surface area contributed by atoms with E-state index in [1.807, 2.05) is 31.2 Å². The predicted octanol–water partition coefficient (Wildman–Crippen LogP) is 0.0978. The normalized spacial score (nSPS) is 20.2. The van der Waals surface area contributed by atoms with Gasteiger partial charge in [-0.3, -0.25) is 4.79 Å². The fourth-order valence-electron chi connectivity index (χ4n) is 1.84. The lowest BCUT2D eigenvalue weighted by Crippen LogP contribution is -2.33. The number of nitrogens with zero attached hydrogens (tertiary/aromatic N) is 1. The van der Waals surface area contributed by atoms with E-state index in [-0.39, 0.29) is 18.9 Å². The number of carbonyl (C=O) groups is 2. The van der Waals surface area contributed by atoms with Gasteiger partial charge in [0.25, 0.3) is 0 Å². The smallest absolute Gasteiger partial charge is 0.227 e. The van der Waals surface area contributed by atoms with Gasteiger partial charge in [-0.2, -0.15) is 0 Å². The minimum absolute atomic E-state index is 0.0379. The standard InChI is InChI=1S/C12H13NO3/c1-8-2-4-10(5-3-8)13-7-9(12(15)16)6-11(13)14/h2-5,9H,6-7H2,1H3,(H,15,16)/p-1/t9-/m1/s1. The van der Waals surface area contributed by atoms with Crippen molar-refractivity contribution in [3.63, 3.8) is 0 Å². The molecule has 0 N–H and O–H groups in total. The molecule has 0 aromatic heterocycles. The number of carboxylic acids is 1. The topological polar surface area (TPSA) is 60.4 Å². The average molecular weight is 218 g/mol. The minimum atomic E-state index is -1.15. The third kappa shape index (κ3) is 1.91. The molecule has 0 bridgehead atoms. The summed E-state index contributed by atoms with van der Waals surface area (Å²) < 4.78 is 0. The summed E-state index contributed by atoms with van der Waals surface area (Å²) in [5.74, 6) is -1.99. The van der Waals surface area contributed by atoms with Crippen LogP contribution in [-0.2, 0) is 9.59 Å². The molecule has 16 heavy (non-hydrogen) atoms. The number of hydrogen-bond donors (Lipinski definition) is 0. The Balaban J connectivity index is 2.20. The van der Waals surface area contributed by atoms with E-state index in [1.54, 1.807) is 0 Å². The zero-order valence-corrected chi connectivity index (χ0v) is 8.97. The van der Waals surface area contributed by atoms with E-state index in [0.717, 1.165) is 11.3 Å². The second-order valence-electron chi connectivity index (χ2n) is 4.06. The lowest BCUT2D eigenvalue weighted by atomic mass is 10.1. The van der Waals surface area contributed by atoms with Crippen LogP contribution in [0.1, 0.15) is 12.0 Å². The Morgan fingerprint density at radius 3 is 2.50 bits per heavy atom. The van der Waals surface area contributed by atoms with Crippen molar-refractivity contribution in [2.75, 3.05) is 11.4 Å². The molecule has 84 valence electrons. The Morgan fingerprint density at radius 2 is 2.00 bits per heavy atom. The largest absolute Gasteiger partial charge is 0.550 e. The highest BCUT2D eigenvalue weighted by Gasteiger charge is 2.31. The van der Waals surface area contributed by atoms with Crippen molar-refractivity contribution in [2.45, 2.75) is 13.3 Å². The van der Waals surface area contributed by atoms with Crippen LogP contribution in [0.5, 0.6) is 0 Å². The van der Waals surface area contributed by atoms with Crippen LogP contribution >= 0.6 is 0 Å². The monoisotopic (exact) mass is 218 g/mol. The highest BCUT2D eigenvalue weighted by atomic mass is 16.4. The summed E-state index contributed by atoms with van der Waals surface area (Å²) in [7, 11) is 0. The summed E-state index contributed by atoms with van der Waals surface area (Å²) in [6, 6.07) is 7.44. The molecule has 0 unspecified atom stereocenters. The van der Waals surface area contributed by atoms with Crippen LogP contribution in [-0.4, -0.2) is 18.4 Å². The van der Waals surface area contributed by atoms with Crippen molar-refractivity contribution in [2.24, 2.45) is 5.92 Å². The number of carboxylic acid groups (broad SMARTS) is 1. The van der Waals surface area contributed by atoms with Gasteiger partial charge in [0.05, 0.1) is 0 Å². The molecule has 4 heteroatoms. The Hall–Kier alpha value is -1.84. The quantitative estimate of drug-likeness (QED) is 0.707. The van der Waals surface area contributed by atoms with E-state index in [2.05, 4.69) is 0 Å². The summed E-state index contributed by atoms with van der Waals surface area (Å²) in [4.78, 5) is 23.8.